The Morgan fingerprint density at radius 2 is 1.95 bits per heavy atom. The minimum Gasteiger partial charge on any atom is -0.329 e. The van der Waals surface area contributed by atoms with Crippen molar-refractivity contribution in [2.24, 2.45) is 11.7 Å². The number of benzene rings is 1. The highest BCUT2D eigenvalue weighted by molar-refractivity contribution is 9.10. The lowest BCUT2D eigenvalue weighted by atomic mass is 9.99. The van der Waals surface area contributed by atoms with Crippen LogP contribution >= 0.6 is 15.9 Å². The molecule has 0 amide bonds. The number of hydrogen-bond donors (Lipinski definition) is 1. The van der Waals surface area contributed by atoms with Gasteiger partial charge in [-0.3, -0.25) is 4.90 Å². The summed E-state index contributed by atoms with van der Waals surface area (Å²) in [6, 6.07) is 5.20. The van der Waals surface area contributed by atoms with Crippen LogP contribution in [-0.2, 0) is 0 Å². The number of halogens is 2. The molecule has 1 aromatic rings. The Balaban J connectivity index is 2.96. The summed E-state index contributed by atoms with van der Waals surface area (Å²) in [6.45, 7) is 7.08. The number of likely N-dealkylation sites (N-methyl/N-ethyl adjacent to an activating group) is 1. The van der Waals surface area contributed by atoms with Gasteiger partial charge in [0.1, 0.15) is 5.82 Å². The SMILES string of the molecule is CC(C)CC(C)N(C)C(CN)c1cc(F)ccc1Br. The van der Waals surface area contributed by atoms with E-state index in [0.29, 0.717) is 18.5 Å². The van der Waals surface area contributed by atoms with Gasteiger partial charge in [-0.15, -0.1) is 0 Å². The topological polar surface area (TPSA) is 29.3 Å². The summed E-state index contributed by atoms with van der Waals surface area (Å²) >= 11 is 3.49. The highest BCUT2D eigenvalue weighted by Gasteiger charge is 2.23. The standard InChI is InChI=1S/C15H24BrFN2/c1-10(2)7-11(3)19(4)15(9-18)13-8-12(17)5-6-14(13)16/h5-6,8,10-11,15H,7,9,18H2,1-4H3. The molecule has 1 rings (SSSR count). The molecule has 2 N–H and O–H groups in total. The summed E-state index contributed by atoms with van der Waals surface area (Å²) in [7, 11) is 2.06. The van der Waals surface area contributed by atoms with E-state index in [-0.39, 0.29) is 11.9 Å². The van der Waals surface area contributed by atoms with Crippen LogP contribution in [0.25, 0.3) is 0 Å². The third-order valence-electron chi connectivity index (χ3n) is 3.54. The molecule has 0 aromatic heterocycles. The van der Waals surface area contributed by atoms with E-state index >= 15 is 0 Å². The fraction of sp³-hybridized carbons (Fsp3) is 0.600. The second kappa shape index (κ2) is 7.36. The Kier molecular flexibility index (Phi) is 6.43. The molecule has 0 radical (unpaired) electrons. The Bertz CT molecular complexity index is 409. The molecule has 0 bridgehead atoms. The Morgan fingerprint density at radius 3 is 2.47 bits per heavy atom. The monoisotopic (exact) mass is 330 g/mol. The Morgan fingerprint density at radius 1 is 1.32 bits per heavy atom. The van der Waals surface area contributed by atoms with Gasteiger partial charge in [0.05, 0.1) is 0 Å². The van der Waals surface area contributed by atoms with Crippen LogP contribution in [0.4, 0.5) is 4.39 Å². The summed E-state index contributed by atoms with van der Waals surface area (Å²) in [4.78, 5) is 2.24. The summed E-state index contributed by atoms with van der Waals surface area (Å²) in [5.41, 5.74) is 6.83. The van der Waals surface area contributed by atoms with Crippen LogP contribution in [0.1, 0.15) is 38.8 Å². The molecule has 0 aliphatic heterocycles. The zero-order valence-electron chi connectivity index (χ0n) is 12.2. The first-order valence-corrected chi connectivity index (χ1v) is 7.53. The van der Waals surface area contributed by atoms with E-state index in [4.69, 9.17) is 5.73 Å². The van der Waals surface area contributed by atoms with Gasteiger partial charge in [-0.2, -0.15) is 0 Å². The predicted octanol–water partition coefficient (Wildman–Crippen LogP) is 3.95. The van der Waals surface area contributed by atoms with E-state index in [2.05, 4.69) is 48.6 Å². The highest BCUT2D eigenvalue weighted by atomic mass is 79.9. The summed E-state index contributed by atoms with van der Waals surface area (Å²) < 4.78 is 14.3. The average Bonchev–Trinajstić information content (AvgIpc) is 2.33. The summed E-state index contributed by atoms with van der Waals surface area (Å²) in [6.07, 6.45) is 1.10. The van der Waals surface area contributed by atoms with E-state index in [1.165, 1.54) is 6.07 Å². The van der Waals surface area contributed by atoms with Gasteiger partial charge in [0.15, 0.2) is 0 Å². The first-order chi connectivity index (χ1) is 8.86. The van der Waals surface area contributed by atoms with Crippen LogP contribution in [0.5, 0.6) is 0 Å². The van der Waals surface area contributed by atoms with Crippen molar-refractivity contribution in [2.45, 2.75) is 39.3 Å². The second-order valence-corrected chi connectivity index (χ2v) is 6.42. The van der Waals surface area contributed by atoms with Crippen molar-refractivity contribution in [3.8, 4) is 0 Å². The summed E-state index contributed by atoms with van der Waals surface area (Å²) in [5, 5.41) is 0. The molecular weight excluding hydrogens is 307 g/mol. The molecule has 0 aliphatic rings. The number of hydrogen-bond acceptors (Lipinski definition) is 2. The van der Waals surface area contributed by atoms with Crippen LogP contribution in [-0.4, -0.2) is 24.5 Å². The van der Waals surface area contributed by atoms with Gasteiger partial charge in [0, 0.05) is 23.1 Å². The van der Waals surface area contributed by atoms with Gasteiger partial charge in [-0.25, -0.2) is 4.39 Å². The predicted molar refractivity (Wildman–Crippen MR) is 82.6 cm³/mol. The number of nitrogens with two attached hydrogens (primary N) is 1. The van der Waals surface area contributed by atoms with Crippen LogP contribution in [0.2, 0.25) is 0 Å². The van der Waals surface area contributed by atoms with Crippen molar-refractivity contribution >= 4 is 15.9 Å². The molecule has 108 valence electrons. The van der Waals surface area contributed by atoms with E-state index in [1.807, 2.05) is 0 Å². The van der Waals surface area contributed by atoms with Crippen molar-refractivity contribution in [3.63, 3.8) is 0 Å². The molecule has 1 aromatic carbocycles. The maximum atomic E-state index is 13.4. The lowest BCUT2D eigenvalue weighted by Gasteiger charge is -2.34. The van der Waals surface area contributed by atoms with Crippen LogP contribution < -0.4 is 5.73 Å². The number of rotatable bonds is 6. The van der Waals surface area contributed by atoms with Crippen molar-refractivity contribution in [3.05, 3.63) is 34.1 Å². The number of nitrogens with zero attached hydrogens (tertiary/aromatic N) is 1. The third kappa shape index (κ3) is 4.55. The molecule has 0 saturated carbocycles. The van der Waals surface area contributed by atoms with Crippen molar-refractivity contribution in [1.82, 2.24) is 4.90 Å². The minimum absolute atomic E-state index is 0.0267. The van der Waals surface area contributed by atoms with E-state index in [9.17, 15) is 4.39 Å². The average molecular weight is 331 g/mol. The van der Waals surface area contributed by atoms with Gasteiger partial charge in [0.25, 0.3) is 0 Å². The first-order valence-electron chi connectivity index (χ1n) is 6.73. The smallest absolute Gasteiger partial charge is 0.123 e. The molecule has 2 nitrogen and oxygen atoms in total. The molecular formula is C15H24BrFN2. The largest absolute Gasteiger partial charge is 0.329 e. The normalized spacial score (nSPS) is 15.0. The third-order valence-corrected chi connectivity index (χ3v) is 4.26. The maximum Gasteiger partial charge on any atom is 0.123 e. The fourth-order valence-electron chi connectivity index (χ4n) is 2.44. The molecule has 0 saturated heterocycles. The molecule has 2 atom stereocenters. The van der Waals surface area contributed by atoms with E-state index in [0.717, 1.165) is 16.5 Å². The van der Waals surface area contributed by atoms with Gasteiger partial charge in [-0.1, -0.05) is 29.8 Å². The molecule has 19 heavy (non-hydrogen) atoms. The summed E-state index contributed by atoms with van der Waals surface area (Å²) in [5.74, 6) is 0.411. The molecule has 0 heterocycles. The van der Waals surface area contributed by atoms with Gasteiger partial charge in [0.2, 0.25) is 0 Å². The zero-order valence-corrected chi connectivity index (χ0v) is 13.7. The van der Waals surface area contributed by atoms with E-state index in [1.54, 1.807) is 12.1 Å². The fourth-order valence-corrected chi connectivity index (χ4v) is 2.95. The minimum atomic E-state index is -0.221. The maximum absolute atomic E-state index is 13.4. The molecule has 4 heteroatoms. The van der Waals surface area contributed by atoms with Crippen LogP contribution in [0, 0.1) is 11.7 Å². The quantitative estimate of drug-likeness (QED) is 0.855. The lowest BCUT2D eigenvalue weighted by Crippen LogP contribution is -2.38. The van der Waals surface area contributed by atoms with Crippen LogP contribution in [0.3, 0.4) is 0 Å². The van der Waals surface area contributed by atoms with Gasteiger partial charge < -0.3 is 5.73 Å². The second-order valence-electron chi connectivity index (χ2n) is 5.56. The zero-order chi connectivity index (χ0) is 14.6. The Hall–Kier alpha value is -0.450. The van der Waals surface area contributed by atoms with Crippen molar-refractivity contribution < 1.29 is 4.39 Å². The van der Waals surface area contributed by atoms with Gasteiger partial charge >= 0.3 is 0 Å². The molecule has 0 aliphatic carbocycles. The first kappa shape index (κ1) is 16.6. The molecule has 0 spiro atoms. The van der Waals surface area contributed by atoms with Crippen molar-refractivity contribution in [2.75, 3.05) is 13.6 Å². The molecule has 2 unspecified atom stereocenters. The lowest BCUT2D eigenvalue weighted by molar-refractivity contribution is 0.168. The van der Waals surface area contributed by atoms with E-state index < -0.39 is 0 Å². The van der Waals surface area contributed by atoms with Gasteiger partial charge in [-0.05, 0) is 50.1 Å². The Labute approximate surface area is 124 Å². The molecule has 0 fully saturated rings. The van der Waals surface area contributed by atoms with Crippen LogP contribution in [0.15, 0.2) is 22.7 Å². The van der Waals surface area contributed by atoms with Crippen molar-refractivity contribution in [1.29, 1.82) is 0 Å². The highest BCUT2D eigenvalue weighted by Crippen LogP contribution is 2.29.